The lowest BCUT2D eigenvalue weighted by atomic mass is 9.98. The van der Waals surface area contributed by atoms with Crippen LogP contribution in [-0.4, -0.2) is 5.91 Å². The molecule has 2 nitrogen and oxygen atoms in total. The molecule has 2 aromatic rings. The van der Waals surface area contributed by atoms with Crippen molar-refractivity contribution in [1.29, 1.82) is 0 Å². The number of carbonyl (C=O) groups is 1. The molecule has 0 radical (unpaired) electrons. The molecule has 0 heterocycles. The Morgan fingerprint density at radius 1 is 1.24 bits per heavy atom. The van der Waals surface area contributed by atoms with Gasteiger partial charge in [-0.1, -0.05) is 43.6 Å². The zero-order chi connectivity index (χ0) is 15.6. The predicted molar refractivity (Wildman–Crippen MR) is 91.9 cm³/mol. The van der Waals surface area contributed by atoms with Crippen molar-refractivity contribution in [2.24, 2.45) is 0 Å². The Balaban J connectivity index is 2.38. The molecule has 0 aliphatic carbocycles. The number of benzene rings is 2. The van der Waals surface area contributed by atoms with Crippen molar-refractivity contribution in [3.8, 4) is 0 Å². The van der Waals surface area contributed by atoms with Crippen molar-refractivity contribution in [3.63, 3.8) is 0 Å². The number of thiol groups is 1. The zero-order valence-corrected chi connectivity index (χ0v) is 13.9. The Morgan fingerprint density at radius 2 is 1.95 bits per heavy atom. The number of halogens is 1. The van der Waals surface area contributed by atoms with Crippen LogP contribution < -0.4 is 5.32 Å². The average molecular weight is 320 g/mol. The van der Waals surface area contributed by atoms with Crippen LogP contribution >= 0.6 is 24.2 Å². The topological polar surface area (TPSA) is 29.1 Å². The van der Waals surface area contributed by atoms with Crippen molar-refractivity contribution in [3.05, 3.63) is 58.1 Å². The standard InChI is InChI=1S/C17H18ClNOS/c1-10(2)13-6-4-5-11(3)16(13)19-17(20)14-9-12(21)7-8-15(14)18/h4-10,21H,1-3H3,(H,19,20). The van der Waals surface area contributed by atoms with Gasteiger partial charge in [0, 0.05) is 10.6 Å². The van der Waals surface area contributed by atoms with Crippen LogP contribution in [0.1, 0.15) is 41.3 Å². The van der Waals surface area contributed by atoms with Crippen molar-refractivity contribution in [2.45, 2.75) is 31.6 Å². The van der Waals surface area contributed by atoms with E-state index < -0.39 is 0 Å². The minimum atomic E-state index is -0.216. The highest BCUT2D eigenvalue weighted by Gasteiger charge is 2.15. The van der Waals surface area contributed by atoms with Gasteiger partial charge < -0.3 is 5.32 Å². The lowest BCUT2D eigenvalue weighted by Gasteiger charge is -2.17. The van der Waals surface area contributed by atoms with Crippen LogP contribution in [0.5, 0.6) is 0 Å². The van der Waals surface area contributed by atoms with Gasteiger partial charge in [0.2, 0.25) is 0 Å². The fourth-order valence-electron chi connectivity index (χ4n) is 2.21. The van der Waals surface area contributed by atoms with E-state index in [1.165, 1.54) is 0 Å². The van der Waals surface area contributed by atoms with Crippen LogP contribution in [0, 0.1) is 6.92 Å². The molecule has 0 aliphatic heterocycles. The minimum Gasteiger partial charge on any atom is -0.321 e. The number of carbonyl (C=O) groups excluding carboxylic acids is 1. The molecule has 4 heteroatoms. The molecule has 0 atom stereocenters. The Hall–Kier alpha value is -1.45. The summed E-state index contributed by atoms with van der Waals surface area (Å²) in [5.74, 6) is 0.110. The first-order chi connectivity index (χ1) is 9.90. The first-order valence-electron chi connectivity index (χ1n) is 6.79. The summed E-state index contributed by atoms with van der Waals surface area (Å²) in [4.78, 5) is 13.2. The highest BCUT2D eigenvalue weighted by Crippen LogP contribution is 2.29. The summed E-state index contributed by atoms with van der Waals surface area (Å²) < 4.78 is 0. The number of nitrogens with one attached hydrogen (secondary N) is 1. The molecule has 2 aromatic carbocycles. The largest absolute Gasteiger partial charge is 0.321 e. The smallest absolute Gasteiger partial charge is 0.257 e. The number of para-hydroxylation sites is 1. The number of hydrogen-bond acceptors (Lipinski definition) is 2. The lowest BCUT2D eigenvalue weighted by Crippen LogP contribution is -2.15. The van der Waals surface area contributed by atoms with Crippen molar-refractivity contribution < 1.29 is 4.79 Å². The molecule has 2 rings (SSSR count). The molecule has 0 aliphatic rings. The van der Waals surface area contributed by atoms with Gasteiger partial charge in [0.1, 0.15) is 0 Å². The fraction of sp³-hybridized carbons (Fsp3) is 0.235. The van der Waals surface area contributed by atoms with Crippen LogP contribution in [-0.2, 0) is 0 Å². The molecule has 0 fully saturated rings. The van der Waals surface area contributed by atoms with Crippen LogP contribution in [0.3, 0.4) is 0 Å². The van der Waals surface area contributed by atoms with Gasteiger partial charge in [-0.2, -0.15) is 0 Å². The summed E-state index contributed by atoms with van der Waals surface area (Å²) in [7, 11) is 0. The maximum absolute atomic E-state index is 12.5. The lowest BCUT2D eigenvalue weighted by molar-refractivity contribution is 0.102. The van der Waals surface area contributed by atoms with E-state index in [-0.39, 0.29) is 5.91 Å². The molecular formula is C17H18ClNOS. The van der Waals surface area contributed by atoms with E-state index in [1.54, 1.807) is 18.2 Å². The van der Waals surface area contributed by atoms with E-state index in [9.17, 15) is 4.79 Å². The van der Waals surface area contributed by atoms with E-state index in [0.717, 1.165) is 16.8 Å². The quantitative estimate of drug-likeness (QED) is 0.737. The predicted octanol–water partition coefficient (Wildman–Crippen LogP) is 5.31. The van der Waals surface area contributed by atoms with E-state index >= 15 is 0 Å². The SMILES string of the molecule is Cc1cccc(C(C)C)c1NC(=O)c1cc(S)ccc1Cl. The van der Waals surface area contributed by atoms with Gasteiger partial charge in [0.15, 0.2) is 0 Å². The monoisotopic (exact) mass is 319 g/mol. The third-order valence-corrected chi connectivity index (χ3v) is 3.97. The second-order valence-electron chi connectivity index (χ2n) is 5.31. The number of amides is 1. The number of rotatable bonds is 3. The van der Waals surface area contributed by atoms with Gasteiger partial charge in [-0.3, -0.25) is 4.79 Å². The minimum absolute atomic E-state index is 0.216. The summed E-state index contributed by atoms with van der Waals surface area (Å²) >= 11 is 10.4. The van der Waals surface area contributed by atoms with Gasteiger partial charge in [0.25, 0.3) is 5.91 Å². The first-order valence-corrected chi connectivity index (χ1v) is 7.62. The fourth-order valence-corrected chi connectivity index (χ4v) is 2.62. The normalized spacial score (nSPS) is 10.8. The second kappa shape index (κ2) is 6.54. The third-order valence-electron chi connectivity index (χ3n) is 3.36. The zero-order valence-electron chi connectivity index (χ0n) is 12.3. The molecule has 21 heavy (non-hydrogen) atoms. The molecule has 110 valence electrons. The first kappa shape index (κ1) is 15.9. The maximum Gasteiger partial charge on any atom is 0.257 e. The summed E-state index contributed by atoms with van der Waals surface area (Å²) in [5.41, 5.74) is 3.44. The molecule has 0 unspecified atom stereocenters. The molecule has 0 saturated carbocycles. The summed E-state index contributed by atoms with van der Waals surface area (Å²) in [6, 6.07) is 11.1. The Kier molecular flexibility index (Phi) is 4.96. The molecular weight excluding hydrogens is 302 g/mol. The molecule has 0 saturated heterocycles. The van der Waals surface area contributed by atoms with Gasteiger partial charge >= 0.3 is 0 Å². The van der Waals surface area contributed by atoms with Gasteiger partial charge in [0.05, 0.1) is 10.6 Å². The van der Waals surface area contributed by atoms with Crippen molar-refractivity contribution in [1.82, 2.24) is 0 Å². The van der Waals surface area contributed by atoms with Crippen molar-refractivity contribution >= 4 is 35.8 Å². The van der Waals surface area contributed by atoms with Gasteiger partial charge in [-0.05, 0) is 42.2 Å². The Morgan fingerprint density at radius 3 is 2.62 bits per heavy atom. The summed E-state index contributed by atoms with van der Waals surface area (Å²) in [5, 5.41) is 3.41. The van der Waals surface area contributed by atoms with E-state index in [0.29, 0.717) is 21.4 Å². The molecule has 0 aromatic heterocycles. The highest BCUT2D eigenvalue weighted by molar-refractivity contribution is 7.80. The van der Waals surface area contributed by atoms with Crippen LogP contribution in [0.4, 0.5) is 5.69 Å². The van der Waals surface area contributed by atoms with Gasteiger partial charge in [-0.15, -0.1) is 12.6 Å². The van der Waals surface area contributed by atoms with E-state index in [2.05, 4.69) is 31.8 Å². The van der Waals surface area contributed by atoms with Crippen LogP contribution in [0.15, 0.2) is 41.3 Å². The molecule has 0 spiro atoms. The molecule has 1 N–H and O–H groups in total. The average Bonchev–Trinajstić information content (AvgIpc) is 2.43. The molecule has 1 amide bonds. The van der Waals surface area contributed by atoms with Crippen LogP contribution in [0.25, 0.3) is 0 Å². The maximum atomic E-state index is 12.5. The third kappa shape index (κ3) is 3.60. The summed E-state index contributed by atoms with van der Waals surface area (Å²) in [6.07, 6.45) is 0. The second-order valence-corrected chi connectivity index (χ2v) is 6.24. The van der Waals surface area contributed by atoms with E-state index in [1.807, 2.05) is 25.1 Å². The number of hydrogen-bond donors (Lipinski definition) is 2. The molecule has 0 bridgehead atoms. The highest BCUT2D eigenvalue weighted by atomic mass is 35.5. The number of aryl methyl sites for hydroxylation is 1. The Labute approximate surface area is 135 Å². The van der Waals surface area contributed by atoms with Crippen LogP contribution in [0.2, 0.25) is 5.02 Å². The Bertz CT molecular complexity index is 682. The van der Waals surface area contributed by atoms with Crippen molar-refractivity contribution in [2.75, 3.05) is 5.32 Å². The van der Waals surface area contributed by atoms with E-state index in [4.69, 9.17) is 11.6 Å². The summed E-state index contributed by atoms with van der Waals surface area (Å²) in [6.45, 7) is 6.19. The van der Waals surface area contributed by atoms with Gasteiger partial charge in [-0.25, -0.2) is 0 Å². The number of anilines is 1.